The number of rotatable bonds is 5. The summed E-state index contributed by atoms with van der Waals surface area (Å²) in [6.07, 6.45) is 0. The fraction of sp³-hybridized carbons (Fsp3) is 0.385. The van der Waals surface area contributed by atoms with Gasteiger partial charge in [-0.3, -0.25) is 4.79 Å². The maximum absolute atomic E-state index is 11.7. The van der Waals surface area contributed by atoms with Crippen LogP contribution >= 0.6 is 0 Å². The zero-order valence-corrected chi connectivity index (χ0v) is 11.3. The van der Waals surface area contributed by atoms with Gasteiger partial charge in [0.2, 0.25) is 5.91 Å². The zero-order valence-electron chi connectivity index (χ0n) is 11.3. The van der Waals surface area contributed by atoms with Crippen LogP contribution in [0.4, 0.5) is 11.4 Å². The summed E-state index contributed by atoms with van der Waals surface area (Å²) in [4.78, 5) is 23.0. The van der Waals surface area contributed by atoms with E-state index in [2.05, 4.69) is 5.32 Å². The number of ether oxygens (including phenoxy) is 1. The molecule has 104 valence electrons. The van der Waals surface area contributed by atoms with Gasteiger partial charge in [0.1, 0.15) is 5.54 Å². The van der Waals surface area contributed by atoms with Gasteiger partial charge in [-0.15, -0.1) is 0 Å². The van der Waals surface area contributed by atoms with Crippen molar-refractivity contribution < 1.29 is 14.3 Å². The van der Waals surface area contributed by atoms with Crippen LogP contribution in [0, 0.1) is 0 Å². The molecule has 1 amide bonds. The van der Waals surface area contributed by atoms with Crippen molar-refractivity contribution in [3.63, 3.8) is 0 Å². The number of nitrogens with one attached hydrogen (secondary N) is 1. The Balaban J connectivity index is 3.03. The number of nitrogens with two attached hydrogens (primary N) is 2. The molecule has 0 heterocycles. The van der Waals surface area contributed by atoms with E-state index in [1.54, 1.807) is 32.9 Å². The van der Waals surface area contributed by atoms with Crippen molar-refractivity contribution in [2.75, 3.05) is 17.7 Å². The average molecular weight is 265 g/mol. The van der Waals surface area contributed by atoms with Crippen LogP contribution in [0.3, 0.4) is 0 Å². The minimum atomic E-state index is -0.929. The summed E-state index contributed by atoms with van der Waals surface area (Å²) in [5, 5.41) is 2.94. The zero-order chi connectivity index (χ0) is 14.6. The van der Waals surface area contributed by atoms with Crippen LogP contribution in [0.15, 0.2) is 18.2 Å². The Morgan fingerprint density at radius 2 is 2.00 bits per heavy atom. The third-order valence-corrected chi connectivity index (χ3v) is 2.62. The molecule has 0 atom stereocenters. The summed E-state index contributed by atoms with van der Waals surface area (Å²) in [5.74, 6) is -0.998. The predicted octanol–water partition coefficient (Wildman–Crippen LogP) is 1.12. The highest BCUT2D eigenvalue weighted by Crippen LogP contribution is 2.21. The first kappa shape index (κ1) is 14.8. The maximum atomic E-state index is 11.7. The second-order valence-electron chi connectivity index (χ2n) is 4.64. The first-order chi connectivity index (χ1) is 8.77. The molecule has 0 bridgehead atoms. The van der Waals surface area contributed by atoms with Gasteiger partial charge in [0.15, 0.2) is 0 Å². The van der Waals surface area contributed by atoms with Gasteiger partial charge >= 0.3 is 5.97 Å². The molecule has 6 nitrogen and oxygen atoms in total. The first-order valence-corrected chi connectivity index (χ1v) is 5.92. The molecule has 0 unspecified atom stereocenters. The molecule has 5 N–H and O–H groups in total. The Morgan fingerprint density at radius 3 is 2.53 bits per heavy atom. The molecule has 6 heteroatoms. The standard InChI is InChI=1S/C13H19N3O3/c1-4-19-11(17)9-7-8(5-6-10(9)14)16-13(2,3)12(15)18/h5-7,16H,4,14H2,1-3H3,(H2,15,18). The van der Waals surface area contributed by atoms with Gasteiger partial charge in [0, 0.05) is 11.4 Å². The van der Waals surface area contributed by atoms with Crippen LogP contribution in [0.1, 0.15) is 31.1 Å². The van der Waals surface area contributed by atoms with E-state index in [-0.39, 0.29) is 12.2 Å². The van der Waals surface area contributed by atoms with Crippen LogP contribution in [-0.4, -0.2) is 24.0 Å². The van der Waals surface area contributed by atoms with Crippen molar-refractivity contribution in [1.29, 1.82) is 0 Å². The van der Waals surface area contributed by atoms with Crippen molar-refractivity contribution in [3.8, 4) is 0 Å². The molecule has 1 aromatic rings. The molecule has 0 aromatic heterocycles. The lowest BCUT2D eigenvalue weighted by atomic mass is 10.0. The number of carbonyl (C=O) groups excluding carboxylic acids is 2. The third kappa shape index (κ3) is 3.61. The SMILES string of the molecule is CCOC(=O)c1cc(NC(C)(C)C(N)=O)ccc1N. The smallest absolute Gasteiger partial charge is 0.340 e. The van der Waals surface area contributed by atoms with E-state index in [1.807, 2.05) is 0 Å². The number of amides is 1. The second kappa shape index (κ2) is 5.60. The molecule has 1 aromatic carbocycles. The molecule has 0 radical (unpaired) electrons. The molecule has 0 spiro atoms. The van der Waals surface area contributed by atoms with E-state index in [0.29, 0.717) is 11.4 Å². The number of anilines is 2. The molecule has 1 rings (SSSR count). The summed E-state index contributed by atoms with van der Waals surface area (Å²) in [5.41, 5.74) is 11.2. The van der Waals surface area contributed by atoms with Crippen molar-refractivity contribution >= 4 is 23.3 Å². The Labute approximate surface area is 112 Å². The average Bonchev–Trinajstić information content (AvgIpc) is 2.31. The first-order valence-electron chi connectivity index (χ1n) is 5.92. The van der Waals surface area contributed by atoms with E-state index >= 15 is 0 Å². The van der Waals surface area contributed by atoms with Gasteiger partial charge in [-0.25, -0.2) is 4.79 Å². The van der Waals surface area contributed by atoms with Gasteiger partial charge in [0.25, 0.3) is 0 Å². The Morgan fingerprint density at radius 1 is 1.37 bits per heavy atom. The Bertz CT molecular complexity index is 498. The largest absolute Gasteiger partial charge is 0.462 e. The van der Waals surface area contributed by atoms with Gasteiger partial charge in [-0.2, -0.15) is 0 Å². The second-order valence-corrected chi connectivity index (χ2v) is 4.64. The minimum absolute atomic E-state index is 0.257. The molecule has 0 saturated heterocycles. The number of benzene rings is 1. The molecule has 19 heavy (non-hydrogen) atoms. The van der Waals surface area contributed by atoms with Gasteiger partial charge in [0.05, 0.1) is 12.2 Å². The summed E-state index contributed by atoms with van der Waals surface area (Å²) in [7, 11) is 0. The highest BCUT2D eigenvalue weighted by atomic mass is 16.5. The van der Waals surface area contributed by atoms with E-state index in [0.717, 1.165) is 0 Å². The van der Waals surface area contributed by atoms with E-state index < -0.39 is 17.4 Å². The fourth-order valence-corrected chi connectivity index (χ4v) is 1.44. The highest BCUT2D eigenvalue weighted by molar-refractivity contribution is 5.96. The lowest BCUT2D eigenvalue weighted by Crippen LogP contribution is -2.45. The van der Waals surface area contributed by atoms with E-state index in [1.165, 1.54) is 6.07 Å². The molecule has 0 fully saturated rings. The van der Waals surface area contributed by atoms with Crippen molar-refractivity contribution in [1.82, 2.24) is 0 Å². The number of hydrogen-bond donors (Lipinski definition) is 3. The van der Waals surface area contributed by atoms with Crippen LogP contribution in [0.25, 0.3) is 0 Å². The number of carbonyl (C=O) groups is 2. The predicted molar refractivity (Wildman–Crippen MR) is 73.7 cm³/mol. The quantitative estimate of drug-likeness (QED) is 0.546. The van der Waals surface area contributed by atoms with Gasteiger partial charge in [-0.1, -0.05) is 0 Å². The molecule has 0 aliphatic carbocycles. The van der Waals surface area contributed by atoms with Gasteiger partial charge in [-0.05, 0) is 39.0 Å². The summed E-state index contributed by atoms with van der Waals surface area (Å²) >= 11 is 0. The highest BCUT2D eigenvalue weighted by Gasteiger charge is 2.25. The fourth-order valence-electron chi connectivity index (χ4n) is 1.44. The van der Waals surface area contributed by atoms with Crippen LogP contribution in [0.2, 0.25) is 0 Å². The summed E-state index contributed by atoms with van der Waals surface area (Å²) in [6.45, 7) is 5.28. The van der Waals surface area contributed by atoms with Crippen molar-refractivity contribution in [3.05, 3.63) is 23.8 Å². The van der Waals surface area contributed by atoms with Crippen molar-refractivity contribution in [2.24, 2.45) is 5.73 Å². The van der Waals surface area contributed by atoms with Crippen LogP contribution in [-0.2, 0) is 9.53 Å². The van der Waals surface area contributed by atoms with E-state index in [9.17, 15) is 9.59 Å². The lowest BCUT2D eigenvalue weighted by molar-refractivity contribution is -0.121. The number of hydrogen-bond acceptors (Lipinski definition) is 5. The molecule has 0 aliphatic rings. The third-order valence-electron chi connectivity index (χ3n) is 2.62. The number of primary amides is 1. The molecular weight excluding hydrogens is 246 g/mol. The summed E-state index contributed by atoms with van der Waals surface area (Å²) < 4.78 is 4.90. The molecular formula is C13H19N3O3. The van der Waals surface area contributed by atoms with Gasteiger partial charge < -0.3 is 21.5 Å². The Hall–Kier alpha value is -2.24. The van der Waals surface area contributed by atoms with Crippen molar-refractivity contribution in [2.45, 2.75) is 26.3 Å². The molecule has 0 aliphatic heterocycles. The normalized spacial score (nSPS) is 10.9. The summed E-state index contributed by atoms with van der Waals surface area (Å²) in [6, 6.07) is 4.78. The monoisotopic (exact) mass is 265 g/mol. The number of esters is 1. The minimum Gasteiger partial charge on any atom is -0.462 e. The maximum Gasteiger partial charge on any atom is 0.340 e. The van der Waals surface area contributed by atoms with E-state index in [4.69, 9.17) is 16.2 Å². The molecule has 0 saturated carbocycles. The lowest BCUT2D eigenvalue weighted by Gasteiger charge is -2.24. The van der Waals surface area contributed by atoms with Crippen LogP contribution < -0.4 is 16.8 Å². The number of nitrogen functional groups attached to an aromatic ring is 1. The topological polar surface area (TPSA) is 107 Å². The Kier molecular flexibility index (Phi) is 4.37. The van der Waals surface area contributed by atoms with Crippen LogP contribution in [0.5, 0.6) is 0 Å².